The molecule has 0 bridgehead atoms. The zero-order valence-electron chi connectivity index (χ0n) is 16.1. The molecular weight excluding hydrogens is 362 g/mol. The van der Waals surface area contributed by atoms with Crippen LogP contribution in [-0.4, -0.2) is 40.2 Å². The summed E-state index contributed by atoms with van der Waals surface area (Å²) >= 11 is 0. The summed E-state index contributed by atoms with van der Waals surface area (Å²) in [5.74, 6) is 0.869. The fourth-order valence-electron chi connectivity index (χ4n) is 4.00. The minimum Gasteiger partial charge on any atom is -0.353 e. The van der Waals surface area contributed by atoms with Gasteiger partial charge in [0, 0.05) is 36.1 Å². The van der Waals surface area contributed by atoms with Crippen molar-refractivity contribution in [3.63, 3.8) is 0 Å². The van der Waals surface area contributed by atoms with Crippen LogP contribution in [0.1, 0.15) is 23.3 Å². The van der Waals surface area contributed by atoms with E-state index in [1.807, 2.05) is 48.5 Å². The molecule has 0 aliphatic carbocycles. The number of carbonyl (C=O) groups excluding carboxylic acids is 1. The van der Waals surface area contributed by atoms with E-state index in [9.17, 15) is 4.79 Å². The summed E-state index contributed by atoms with van der Waals surface area (Å²) in [5.41, 5.74) is 3.71. The second kappa shape index (κ2) is 7.47. The van der Waals surface area contributed by atoms with Crippen LogP contribution in [-0.2, 0) is 0 Å². The highest BCUT2D eigenvalue weighted by molar-refractivity contribution is 5.98. The quantitative estimate of drug-likeness (QED) is 0.498. The van der Waals surface area contributed by atoms with Gasteiger partial charge in [0.25, 0.3) is 5.91 Å². The maximum absolute atomic E-state index is 12.7. The van der Waals surface area contributed by atoms with Crippen LogP contribution in [0.25, 0.3) is 22.2 Å². The Kier molecular flexibility index (Phi) is 4.52. The number of rotatable bonds is 4. The summed E-state index contributed by atoms with van der Waals surface area (Å²) in [6, 6.07) is 22.2. The van der Waals surface area contributed by atoms with E-state index in [0.717, 1.165) is 53.9 Å². The zero-order valence-corrected chi connectivity index (χ0v) is 16.1. The fraction of sp³-hybridized carbons (Fsp3) is 0.217. The summed E-state index contributed by atoms with van der Waals surface area (Å²) in [6.07, 6.45) is 1.99. The molecule has 1 fully saturated rings. The standard InChI is InChI=1S/C23H23N5O/c29-23(21-13-17-9-4-5-11-19(17)25-21)24-18-10-6-12-28(15-18)22-14-20(26-27-22)16-7-2-1-3-8-16/h1-5,7-9,11,13-14,18,25H,6,10,12,15H2,(H,24,29)(H,26,27). The fourth-order valence-corrected chi connectivity index (χ4v) is 4.00. The Hall–Kier alpha value is -3.54. The van der Waals surface area contributed by atoms with Crippen LogP contribution in [0.5, 0.6) is 0 Å². The van der Waals surface area contributed by atoms with Gasteiger partial charge in [-0.25, -0.2) is 0 Å². The van der Waals surface area contributed by atoms with Gasteiger partial charge in [0.15, 0.2) is 5.82 Å². The molecule has 1 atom stereocenters. The van der Waals surface area contributed by atoms with E-state index in [1.54, 1.807) is 0 Å². The van der Waals surface area contributed by atoms with Crippen LogP contribution < -0.4 is 10.2 Å². The summed E-state index contributed by atoms with van der Waals surface area (Å²) in [6.45, 7) is 1.70. The Morgan fingerprint density at radius 1 is 1.07 bits per heavy atom. The summed E-state index contributed by atoms with van der Waals surface area (Å²) in [4.78, 5) is 18.2. The number of nitrogens with one attached hydrogen (secondary N) is 3. The predicted octanol–water partition coefficient (Wildman–Crippen LogP) is 3.96. The summed E-state index contributed by atoms with van der Waals surface area (Å²) in [7, 11) is 0. The van der Waals surface area contributed by atoms with Gasteiger partial charge in [0.2, 0.25) is 0 Å². The van der Waals surface area contributed by atoms with Gasteiger partial charge >= 0.3 is 0 Å². The van der Waals surface area contributed by atoms with Crippen molar-refractivity contribution in [1.29, 1.82) is 0 Å². The highest BCUT2D eigenvalue weighted by atomic mass is 16.1. The lowest BCUT2D eigenvalue weighted by molar-refractivity contribution is 0.0929. The molecule has 4 aromatic rings. The number of aromatic nitrogens is 3. The van der Waals surface area contributed by atoms with Gasteiger partial charge in [-0.05, 0) is 30.5 Å². The van der Waals surface area contributed by atoms with Crippen molar-refractivity contribution in [2.75, 3.05) is 18.0 Å². The molecular formula is C23H23N5O. The van der Waals surface area contributed by atoms with Crippen molar-refractivity contribution in [3.05, 3.63) is 72.4 Å². The normalized spacial score (nSPS) is 16.8. The van der Waals surface area contributed by atoms with Crippen molar-refractivity contribution in [2.45, 2.75) is 18.9 Å². The third-order valence-corrected chi connectivity index (χ3v) is 5.50. The van der Waals surface area contributed by atoms with E-state index in [2.05, 4.69) is 43.6 Å². The number of amides is 1. The van der Waals surface area contributed by atoms with Gasteiger partial charge in [-0.3, -0.25) is 9.89 Å². The van der Waals surface area contributed by atoms with Crippen LogP contribution in [0.2, 0.25) is 0 Å². The first-order chi connectivity index (χ1) is 14.3. The van der Waals surface area contributed by atoms with Gasteiger partial charge < -0.3 is 15.2 Å². The van der Waals surface area contributed by atoms with Gasteiger partial charge in [-0.15, -0.1) is 0 Å². The first-order valence-corrected chi connectivity index (χ1v) is 10.0. The first kappa shape index (κ1) is 17.6. The maximum Gasteiger partial charge on any atom is 0.268 e. The molecule has 6 nitrogen and oxygen atoms in total. The Morgan fingerprint density at radius 3 is 2.76 bits per heavy atom. The number of hydrogen-bond donors (Lipinski definition) is 3. The largest absolute Gasteiger partial charge is 0.353 e. The second-order valence-corrected chi connectivity index (χ2v) is 7.53. The van der Waals surface area contributed by atoms with Crippen molar-refractivity contribution in [2.24, 2.45) is 0 Å². The van der Waals surface area contributed by atoms with Crippen LogP contribution >= 0.6 is 0 Å². The molecule has 146 valence electrons. The van der Waals surface area contributed by atoms with Gasteiger partial charge in [-0.2, -0.15) is 5.10 Å². The Labute approximate surface area is 168 Å². The molecule has 6 heteroatoms. The summed E-state index contributed by atoms with van der Waals surface area (Å²) < 4.78 is 0. The molecule has 0 spiro atoms. The van der Waals surface area contributed by atoms with Crippen molar-refractivity contribution >= 4 is 22.6 Å². The van der Waals surface area contributed by atoms with Gasteiger partial charge in [0.05, 0.1) is 5.69 Å². The zero-order chi connectivity index (χ0) is 19.6. The minimum atomic E-state index is -0.0555. The number of piperidine rings is 1. The van der Waals surface area contributed by atoms with Gasteiger partial charge in [-0.1, -0.05) is 48.5 Å². The summed E-state index contributed by atoms with van der Waals surface area (Å²) in [5, 5.41) is 11.9. The lowest BCUT2D eigenvalue weighted by Crippen LogP contribution is -2.48. The molecule has 2 aromatic carbocycles. The number of hydrogen-bond acceptors (Lipinski definition) is 3. The smallest absolute Gasteiger partial charge is 0.268 e. The third kappa shape index (κ3) is 3.61. The number of carbonyl (C=O) groups is 1. The monoisotopic (exact) mass is 385 g/mol. The van der Waals surface area contributed by atoms with Crippen LogP contribution in [0.15, 0.2) is 66.7 Å². The van der Waals surface area contributed by atoms with Crippen LogP contribution in [0.4, 0.5) is 5.82 Å². The molecule has 2 aromatic heterocycles. The Balaban J connectivity index is 1.27. The molecule has 0 radical (unpaired) electrons. The first-order valence-electron chi connectivity index (χ1n) is 10.0. The number of benzene rings is 2. The van der Waals surface area contributed by atoms with E-state index in [0.29, 0.717) is 5.69 Å². The molecule has 5 rings (SSSR count). The van der Waals surface area contributed by atoms with Gasteiger partial charge in [0.1, 0.15) is 5.69 Å². The molecule has 1 aliphatic rings. The predicted molar refractivity (Wildman–Crippen MR) is 115 cm³/mol. The number of aromatic amines is 2. The van der Waals surface area contributed by atoms with E-state index in [1.165, 1.54) is 0 Å². The SMILES string of the molecule is O=C(NC1CCCN(c2cc(-c3ccccc3)[nH]n2)C1)c1cc2ccccc2[nH]1. The van der Waals surface area contributed by atoms with E-state index in [-0.39, 0.29) is 11.9 Å². The molecule has 1 saturated heterocycles. The second-order valence-electron chi connectivity index (χ2n) is 7.53. The lowest BCUT2D eigenvalue weighted by Gasteiger charge is -2.33. The maximum atomic E-state index is 12.7. The lowest BCUT2D eigenvalue weighted by atomic mass is 10.1. The Morgan fingerprint density at radius 2 is 1.90 bits per heavy atom. The number of para-hydroxylation sites is 1. The topological polar surface area (TPSA) is 76.8 Å². The number of anilines is 1. The van der Waals surface area contributed by atoms with E-state index in [4.69, 9.17) is 0 Å². The highest BCUT2D eigenvalue weighted by Crippen LogP contribution is 2.24. The molecule has 29 heavy (non-hydrogen) atoms. The average Bonchev–Trinajstić information content (AvgIpc) is 3.42. The number of H-pyrrole nitrogens is 2. The highest BCUT2D eigenvalue weighted by Gasteiger charge is 2.24. The van der Waals surface area contributed by atoms with Crippen LogP contribution in [0.3, 0.4) is 0 Å². The van der Waals surface area contributed by atoms with Crippen LogP contribution in [0, 0.1) is 0 Å². The molecule has 1 aliphatic heterocycles. The Bertz CT molecular complexity index is 1100. The number of fused-ring (bicyclic) bond motifs is 1. The van der Waals surface area contributed by atoms with E-state index < -0.39 is 0 Å². The molecule has 3 heterocycles. The van der Waals surface area contributed by atoms with Crippen molar-refractivity contribution < 1.29 is 4.79 Å². The number of nitrogens with zero attached hydrogens (tertiary/aromatic N) is 2. The average molecular weight is 385 g/mol. The molecule has 3 N–H and O–H groups in total. The molecule has 0 saturated carbocycles. The van der Waals surface area contributed by atoms with E-state index >= 15 is 0 Å². The third-order valence-electron chi connectivity index (χ3n) is 5.50. The van der Waals surface area contributed by atoms with Crippen molar-refractivity contribution in [3.8, 4) is 11.3 Å². The minimum absolute atomic E-state index is 0.0555. The van der Waals surface area contributed by atoms with Crippen molar-refractivity contribution in [1.82, 2.24) is 20.5 Å². The molecule has 1 unspecified atom stereocenters. The molecule has 1 amide bonds.